The first kappa shape index (κ1) is 13.5. The lowest BCUT2D eigenvalue weighted by Gasteiger charge is -2.16. The number of aromatic nitrogens is 1. The van der Waals surface area contributed by atoms with Gasteiger partial charge >= 0.3 is 0 Å². The minimum atomic E-state index is -0.556. The van der Waals surface area contributed by atoms with Crippen LogP contribution in [0.5, 0.6) is 5.75 Å². The topological polar surface area (TPSA) is 53.4 Å². The number of amides is 1. The first-order valence-corrected chi connectivity index (χ1v) is 6.50. The number of phenolic OH excluding ortho intramolecular Hbond substituents is 1. The molecule has 100 valence electrons. The number of nitrogens with zero attached hydrogens (tertiary/aromatic N) is 2. The van der Waals surface area contributed by atoms with Crippen LogP contribution >= 0.6 is 11.3 Å². The van der Waals surface area contributed by atoms with Crippen molar-refractivity contribution in [3.05, 3.63) is 45.7 Å². The van der Waals surface area contributed by atoms with E-state index in [1.54, 1.807) is 7.05 Å². The van der Waals surface area contributed by atoms with Crippen molar-refractivity contribution in [3.63, 3.8) is 0 Å². The van der Waals surface area contributed by atoms with Crippen LogP contribution in [0.15, 0.2) is 23.6 Å². The summed E-state index contributed by atoms with van der Waals surface area (Å²) >= 11 is 1.50. The summed E-state index contributed by atoms with van der Waals surface area (Å²) in [5, 5.41) is 12.4. The summed E-state index contributed by atoms with van der Waals surface area (Å²) in [5.74, 6) is -1.23. The molecule has 0 saturated heterocycles. The zero-order valence-electron chi connectivity index (χ0n) is 10.6. The molecule has 0 aliphatic carbocycles. The highest BCUT2D eigenvalue weighted by Gasteiger charge is 2.17. The highest BCUT2D eigenvalue weighted by atomic mass is 32.1. The van der Waals surface area contributed by atoms with E-state index in [1.807, 2.05) is 12.3 Å². The van der Waals surface area contributed by atoms with E-state index in [-0.39, 0.29) is 11.3 Å². The largest absolute Gasteiger partial charge is 0.507 e. The molecule has 19 heavy (non-hydrogen) atoms. The molecule has 1 heterocycles. The van der Waals surface area contributed by atoms with Gasteiger partial charge in [0.1, 0.15) is 11.6 Å². The van der Waals surface area contributed by atoms with E-state index < -0.39 is 11.7 Å². The lowest BCUT2D eigenvalue weighted by atomic mass is 10.1. The van der Waals surface area contributed by atoms with Gasteiger partial charge in [-0.05, 0) is 25.1 Å². The quantitative estimate of drug-likeness (QED) is 0.940. The molecule has 0 radical (unpaired) electrons. The molecule has 2 aromatic rings. The Morgan fingerprint density at radius 1 is 1.53 bits per heavy atom. The Labute approximate surface area is 114 Å². The van der Waals surface area contributed by atoms with Gasteiger partial charge in [0.15, 0.2) is 0 Å². The smallest absolute Gasteiger partial charge is 0.257 e. The number of benzene rings is 1. The Hall–Kier alpha value is -1.95. The van der Waals surface area contributed by atoms with Crippen molar-refractivity contribution in [2.45, 2.75) is 13.5 Å². The number of hydrogen-bond acceptors (Lipinski definition) is 4. The number of carbonyl (C=O) groups is 1. The van der Waals surface area contributed by atoms with Gasteiger partial charge in [-0.25, -0.2) is 9.37 Å². The van der Waals surface area contributed by atoms with Gasteiger partial charge in [0, 0.05) is 12.4 Å². The van der Waals surface area contributed by atoms with Crippen LogP contribution in [0.25, 0.3) is 0 Å². The Morgan fingerprint density at radius 2 is 2.26 bits per heavy atom. The van der Waals surface area contributed by atoms with E-state index in [2.05, 4.69) is 4.98 Å². The Kier molecular flexibility index (Phi) is 3.80. The van der Waals surface area contributed by atoms with E-state index >= 15 is 0 Å². The predicted octanol–water partition coefficient (Wildman–Crippen LogP) is 2.57. The lowest BCUT2D eigenvalue weighted by molar-refractivity contribution is 0.0780. The van der Waals surface area contributed by atoms with Crippen LogP contribution < -0.4 is 0 Å². The van der Waals surface area contributed by atoms with E-state index in [9.17, 15) is 14.3 Å². The van der Waals surface area contributed by atoms with Crippen LogP contribution in [0.3, 0.4) is 0 Å². The van der Waals surface area contributed by atoms with Gasteiger partial charge in [0.2, 0.25) is 0 Å². The predicted molar refractivity (Wildman–Crippen MR) is 70.7 cm³/mol. The minimum absolute atomic E-state index is 0.0468. The lowest BCUT2D eigenvalue weighted by Crippen LogP contribution is -2.26. The number of thiazole rings is 1. The summed E-state index contributed by atoms with van der Waals surface area (Å²) in [5.41, 5.74) is 0.726. The van der Waals surface area contributed by atoms with Crippen LogP contribution in [-0.2, 0) is 6.54 Å². The van der Waals surface area contributed by atoms with Crippen LogP contribution in [-0.4, -0.2) is 27.9 Å². The molecule has 2 rings (SSSR count). The van der Waals surface area contributed by atoms with Gasteiger partial charge in [-0.3, -0.25) is 4.79 Å². The zero-order valence-corrected chi connectivity index (χ0v) is 11.4. The normalized spacial score (nSPS) is 10.5. The highest BCUT2D eigenvalue weighted by Crippen LogP contribution is 2.20. The van der Waals surface area contributed by atoms with Crippen molar-refractivity contribution in [2.24, 2.45) is 0 Å². The van der Waals surface area contributed by atoms with Crippen LogP contribution in [0.1, 0.15) is 21.1 Å². The monoisotopic (exact) mass is 280 g/mol. The third-order valence-corrected chi connectivity index (χ3v) is 3.42. The van der Waals surface area contributed by atoms with Crippen molar-refractivity contribution in [1.82, 2.24) is 9.88 Å². The Bertz CT molecular complexity index is 612. The third kappa shape index (κ3) is 3.08. The molecule has 0 spiro atoms. The van der Waals surface area contributed by atoms with Crippen LogP contribution in [0.2, 0.25) is 0 Å². The van der Waals surface area contributed by atoms with E-state index in [0.717, 1.165) is 22.8 Å². The maximum absolute atomic E-state index is 13.1. The molecule has 1 aromatic heterocycles. The number of aromatic hydroxyl groups is 1. The molecule has 0 bridgehead atoms. The summed E-state index contributed by atoms with van der Waals surface area (Å²) in [6.45, 7) is 2.20. The van der Waals surface area contributed by atoms with E-state index in [4.69, 9.17) is 0 Å². The average Bonchev–Trinajstić information content (AvgIpc) is 2.77. The fourth-order valence-electron chi connectivity index (χ4n) is 1.68. The molecule has 0 aliphatic rings. The number of halogens is 1. The van der Waals surface area contributed by atoms with Gasteiger partial charge in [-0.15, -0.1) is 11.3 Å². The zero-order chi connectivity index (χ0) is 14.0. The first-order chi connectivity index (χ1) is 8.97. The average molecular weight is 280 g/mol. The summed E-state index contributed by atoms with van der Waals surface area (Å²) < 4.78 is 13.1. The van der Waals surface area contributed by atoms with Crippen molar-refractivity contribution >= 4 is 17.2 Å². The maximum Gasteiger partial charge on any atom is 0.257 e. The summed E-state index contributed by atoms with van der Waals surface area (Å²) in [6, 6.07) is 3.31. The van der Waals surface area contributed by atoms with Gasteiger partial charge < -0.3 is 10.0 Å². The summed E-state index contributed by atoms with van der Waals surface area (Å²) in [6.07, 6.45) is 0. The van der Waals surface area contributed by atoms with Crippen LogP contribution in [0, 0.1) is 12.7 Å². The van der Waals surface area contributed by atoms with Gasteiger partial charge in [0.25, 0.3) is 5.91 Å². The van der Waals surface area contributed by atoms with Crippen LogP contribution in [0.4, 0.5) is 4.39 Å². The second-order valence-corrected chi connectivity index (χ2v) is 5.24. The molecule has 1 amide bonds. The fourth-order valence-corrected chi connectivity index (χ4v) is 2.28. The van der Waals surface area contributed by atoms with Gasteiger partial charge in [-0.1, -0.05) is 0 Å². The Morgan fingerprint density at radius 3 is 2.89 bits per heavy atom. The molecule has 0 fully saturated rings. The van der Waals surface area contributed by atoms with E-state index in [0.29, 0.717) is 6.54 Å². The molecule has 4 nitrogen and oxygen atoms in total. The SMILES string of the molecule is Cc1nc(CN(C)C(=O)c2cc(F)ccc2O)cs1. The number of aryl methyl sites for hydroxylation is 1. The number of hydrogen-bond donors (Lipinski definition) is 1. The van der Waals surface area contributed by atoms with Crippen molar-refractivity contribution in [3.8, 4) is 5.75 Å². The number of carbonyl (C=O) groups excluding carboxylic acids is 1. The molecule has 1 aromatic carbocycles. The second kappa shape index (κ2) is 5.36. The number of rotatable bonds is 3. The summed E-state index contributed by atoms with van der Waals surface area (Å²) in [7, 11) is 1.58. The molecule has 0 atom stereocenters. The van der Waals surface area contributed by atoms with Crippen molar-refractivity contribution in [1.29, 1.82) is 0 Å². The molecular weight excluding hydrogens is 267 g/mol. The molecule has 1 N–H and O–H groups in total. The standard InChI is InChI=1S/C13H13FN2O2S/c1-8-15-10(7-19-8)6-16(2)13(18)11-5-9(14)3-4-12(11)17/h3-5,7,17H,6H2,1-2H3. The molecular formula is C13H13FN2O2S. The van der Waals surface area contributed by atoms with Crippen molar-refractivity contribution in [2.75, 3.05) is 7.05 Å². The molecule has 0 aliphatic heterocycles. The fraction of sp³-hybridized carbons (Fsp3) is 0.231. The number of phenols is 1. The highest BCUT2D eigenvalue weighted by molar-refractivity contribution is 7.09. The Balaban J connectivity index is 2.16. The molecule has 0 unspecified atom stereocenters. The molecule has 0 saturated carbocycles. The van der Waals surface area contributed by atoms with E-state index in [1.165, 1.54) is 22.3 Å². The van der Waals surface area contributed by atoms with Crippen molar-refractivity contribution < 1.29 is 14.3 Å². The van der Waals surface area contributed by atoms with Gasteiger partial charge in [0.05, 0.1) is 22.8 Å². The maximum atomic E-state index is 13.1. The summed E-state index contributed by atoms with van der Waals surface area (Å²) in [4.78, 5) is 17.8. The second-order valence-electron chi connectivity index (χ2n) is 4.18. The minimum Gasteiger partial charge on any atom is -0.507 e. The third-order valence-electron chi connectivity index (χ3n) is 2.60. The molecule has 6 heteroatoms. The first-order valence-electron chi connectivity index (χ1n) is 5.62. The van der Waals surface area contributed by atoms with Gasteiger partial charge in [-0.2, -0.15) is 0 Å².